The number of rotatable bonds is 7. The quantitative estimate of drug-likeness (QED) is 0.141. The summed E-state index contributed by atoms with van der Waals surface area (Å²) < 4.78 is 4.84. The van der Waals surface area contributed by atoms with Gasteiger partial charge in [0.25, 0.3) is 0 Å². The van der Waals surface area contributed by atoms with Gasteiger partial charge in [-0.2, -0.15) is 0 Å². The van der Waals surface area contributed by atoms with Crippen LogP contribution in [0.4, 0.5) is 0 Å². The molecule has 16 aromatic carbocycles. The lowest BCUT2D eigenvalue weighted by molar-refractivity contribution is 0.792. The molecular weight excluding hydrogens is 1210 g/mol. The lowest BCUT2D eigenvalue weighted by atomic mass is 9.69. The van der Waals surface area contributed by atoms with Crippen LogP contribution in [0.25, 0.3) is 156 Å². The maximum absolute atomic E-state index is 2.56. The van der Waals surface area contributed by atoms with Crippen LogP contribution in [0.2, 0.25) is 0 Å². The largest absolute Gasteiger partial charge is 0.309 e. The maximum atomic E-state index is 2.56. The van der Waals surface area contributed by atoms with Crippen molar-refractivity contribution in [3.63, 3.8) is 0 Å². The van der Waals surface area contributed by atoms with Gasteiger partial charge in [-0.3, -0.25) is 0 Å². The standard InChI is InChI=1S/C98H60N2/c1-3-19-67-57-71(45-41-65(67)17-1)99-93-31-15-9-25-81(93)83-53-61(39-51-95(83)99)33-35-63-37-47-77-79-49-43-69(59-91(79)97(89(77)55-63)85-27-11-5-21-73(85)74-22-6-12-28-86(74)97)70-44-50-80-78-48-38-64(56-90(78)98(92(80)60-70)87-29-13-7-23-75(87)76-24-8-14-30-88(76)98)36-34-62-40-52-96-84(54-62)82-26-10-16-32-94(82)100(96)72-46-42-66-18-2-4-20-68(66)58-72/h1-60H. The summed E-state index contributed by atoms with van der Waals surface area (Å²) in [7, 11) is 0. The van der Waals surface area contributed by atoms with Crippen molar-refractivity contribution in [1.82, 2.24) is 9.13 Å². The van der Waals surface area contributed by atoms with Crippen LogP contribution in [0.1, 0.15) is 66.8 Å². The van der Waals surface area contributed by atoms with Crippen molar-refractivity contribution in [3.8, 4) is 67.0 Å². The maximum Gasteiger partial charge on any atom is 0.0725 e. The number of para-hydroxylation sites is 2. The number of hydrogen-bond donors (Lipinski definition) is 0. The zero-order valence-electron chi connectivity index (χ0n) is 54.5. The van der Waals surface area contributed by atoms with Gasteiger partial charge in [-0.1, -0.05) is 279 Å². The molecule has 22 rings (SSSR count). The van der Waals surface area contributed by atoms with E-state index in [2.05, 4.69) is 373 Å². The monoisotopic (exact) mass is 1260 g/mol. The fourth-order valence-corrected chi connectivity index (χ4v) is 18.6. The highest BCUT2D eigenvalue weighted by molar-refractivity contribution is 6.12. The molecule has 0 radical (unpaired) electrons. The van der Waals surface area contributed by atoms with Crippen molar-refractivity contribution in [3.05, 3.63) is 406 Å². The molecule has 0 atom stereocenters. The van der Waals surface area contributed by atoms with Gasteiger partial charge in [0, 0.05) is 32.9 Å². The Kier molecular flexibility index (Phi) is 11.5. The molecule has 18 aromatic rings. The molecule has 2 heterocycles. The Morgan fingerprint density at radius 1 is 0.190 bits per heavy atom. The van der Waals surface area contributed by atoms with Gasteiger partial charge >= 0.3 is 0 Å². The van der Waals surface area contributed by atoms with E-state index in [1.807, 2.05) is 0 Å². The van der Waals surface area contributed by atoms with Gasteiger partial charge in [0.05, 0.1) is 32.9 Å². The molecule has 0 amide bonds. The third kappa shape index (κ3) is 7.62. The Labute approximate surface area is 579 Å². The fraction of sp³-hybridized carbons (Fsp3) is 0.0204. The fourth-order valence-electron chi connectivity index (χ4n) is 18.6. The Morgan fingerprint density at radius 3 is 0.900 bits per heavy atom. The van der Waals surface area contributed by atoms with Gasteiger partial charge in [0.1, 0.15) is 0 Å². The molecule has 2 nitrogen and oxygen atoms in total. The lowest BCUT2D eigenvalue weighted by Crippen LogP contribution is -2.26. The Morgan fingerprint density at radius 2 is 0.490 bits per heavy atom. The Balaban J connectivity index is 0.654. The third-order valence-corrected chi connectivity index (χ3v) is 22.9. The minimum absolute atomic E-state index is 0.550. The van der Waals surface area contributed by atoms with E-state index in [1.54, 1.807) is 0 Å². The molecule has 4 aliphatic rings. The SMILES string of the molecule is C(=Cc1ccc2c(c1)c1ccccc1n2-c1ccc2ccccc2c1)c1ccc2c(c1)C1(c3ccccc3-c3ccccc31)c1cc(-c3ccc4c(c3)C3(c5ccccc5-c5ccccc53)c3cc(C=Cc5ccc6c(c5)c5ccccc5n6-c5ccc6ccccc6c5)ccc3-4)ccc1-2. The van der Waals surface area contributed by atoms with Crippen LogP contribution in [0.15, 0.2) is 340 Å². The van der Waals surface area contributed by atoms with Crippen molar-refractivity contribution in [1.29, 1.82) is 0 Å². The molecule has 2 spiro atoms. The van der Waals surface area contributed by atoms with Gasteiger partial charge < -0.3 is 9.13 Å². The van der Waals surface area contributed by atoms with Gasteiger partial charge in [-0.25, -0.2) is 0 Å². The van der Waals surface area contributed by atoms with Crippen LogP contribution in [0.3, 0.4) is 0 Å². The molecule has 2 heteroatoms. The zero-order valence-corrected chi connectivity index (χ0v) is 54.5. The second kappa shape index (κ2) is 20.8. The molecule has 4 aliphatic carbocycles. The Bertz CT molecular complexity index is 6180. The summed E-state index contributed by atoms with van der Waals surface area (Å²) in [6, 6.07) is 128. The normalized spacial score (nSPS) is 13.9. The van der Waals surface area contributed by atoms with Crippen molar-refractivity contribution in [2.24, 2.45) is 0 Å². The van der Waals surface area contributed by atoms with Crippen LogP contribution in [0.5, 0.6) is 0 Å². The number of fused-ring (bicyclic) bond motifs is 28. The summed E-state index contributed by atoms with van der Waals surface area (Å²) in [5.41, 5.74) is 34.1. The summed E-state index contributed by atoms with van der Waals surface area (Å²) in [4.78, 5) is 0. The zero-order chi connectivity index (χ0) is 65.4. The van der Waals surface area contributed by atoms with E-state index < -0.39 is 10.8 Å². The van der Waals surface area contributed by atoms with Crippen LogP contribution in [-0.4, -0.2) is 9.13 Å². The predicted molar refractivity (Wildman–Crippen MR) is 419 cm³/mol. The number of benzene rings is 16. The molecule has 0 N–H and O–H groups in total. The van der Waals surface area contributed by atoms with Crippen molar-refractivity contribution < 1.29 is 0 Å². The van der Waals surface area contributed by atoms with Gasteiger partial charge in [0.2, 0.25) is 0 Å². The van der Waals surface area contributed by atoms with Gasteiger partial charge in [-0.15, -0.1) is 0 Å². The number of nitrogens with zero attached hydrogens (tertiary/aromatic N) is 2. The molecule has 0 bridgehead atoms. The van der Waals surface area contributed by atoms with E-state index in [9.17, 15) is 0 Å². The van der Waals surface area contributed by atoms with E-state index in [4.69, 9.17) is 0 Å². The van der Waals surface area contributed by atoms with Crippen molar-refractivity contribution in [2.75, 3.05) is 0 Å². The summed E-state index contributed by atoms with van der Waals surface area (Å²) in [5, 5.41) is 9.94. The minimum Gasteiger partial charge on any atom is -0.309 e. The van der Waals surface area contributed by atoms with E-state index in [0.29, 0.717) is 0 Å². The number of aromatic nitrogens is 2. The predicted octanol–water partition coefficient (Wildman–Crippen LogP) is 24.9. The first-order chi connectivity index (χ1) is 49.5. The van der Waals surface area contributed by atoms with Crippen molar-refractivity contribution >= 4 is 89.5 Å². The molecule has 0 fully saturated rings. The average molecular weight is 1270 g/mol. The summed E-state index contributed by atoms with van der Waals surface area (Å²) >= 11 is 0. The molecule has 100 heavy (non-hydrogen) atoms. The van der Waals surface area contributed by atoms with Gasteiger partial charge in [0.15, 0.2) is 0 Å². The molecular formula is C98H60N2. The molecule has 462 valence electrons. The smallest absolute Gasteiger partial charge is 0.0725 e. The first-order valence-electron chi connectivity index (χ1n) is 34.9. The topological polar surface area (TPSA) is 9.86 Å². The number of hydrogen-bond acceptors (Lipinski definition) is 0. The van der Waals surface area contributed by atoms with Gasteiger partial charge in [-0.05, 0) is 229 Å². The Hall–Kier alpha value is -12.9. The van der Waals surface area contributed by atoms with E-state index >= 15 is 0 Å². The van der Waals surface area contributed by atoms with E-state index in [1.165, 1.54) is 188 Å². The molecule has 0 saturated carbocycles. The third-order valence-electron chi connectivity index (χ3n) is 22.9. The van der Waals surface area contributed by atoms with Crippen LogP contribution >= 0.6 is 0 Å². The average Bonchev–Trinajstić information content (AvgIpc) is 1.51. The summed E-state index contributed by atoms with van der Waals surface area (Å²) in [6.45, 7) is 0. The molecule has 2 aromatic heterocycles. The highest BCUT2D eigenvalue weighted by Crippen LogP contribution is 2.66. The first kappa shape index (κ1) is 55.3. The summed E-state index contributed by atoms with van der Waals surface area (Å²) in [6.07, 6.45) is 9.26. The van der Waals surface area contributed by atoms with Crippen LogP contribution in [-0.2, 0) is 10.8 Å². The van der Waals surface area contributed by atoms with Crippen molar-refractivity contribution in [2.45, 2.75) is 10.8 Å². The highest BCUT2D eigenvalue weighted by atomic mass is 15.0. The van der Waals surface area contributed by atoms with Crippen LogP contribution < -0.4 is 0 Å². The minimum atomic E-state index is -0.550. The summed E-state index contributed by atoms with van der Waals surface area (Å²) in [5.74, 6) is 0. The first-order valence-corrected chi connectivity index (χ1v) is 34.9. The van der Waals surface area contributed by atoms with E-state index in [0.717, 1.165) is 11.1 Å². The second-order valence-electron chi connectivity index (χ2n) is 27.8. The molecule has 0 saturated heterocycles. The lowest BCUT2D eigenvalue weighted by Gasteiger charge is -2.31. The van der Waals surface area contributed by atoms with E-state index in [-0.39, 0.29) is 0 Å². The highest BCUT2D eigenvalue weighted by Gasteiger charge is 2.54. The molecule has 0 unspecified atom stereocenters. The molecule has 0 aliphatic heterocycles. The van der Waals surface area contributed by atoms with Crippen LogP contribution in [0, 0.1) is 0 Å². The second-order valence-corrected chi connectivity index (χ2v) is 27.8.